The van der Waals surface area contributed by atoms with Crippen LogP contribution in [0.4, 0.5) is 0 Å². The summed E-state index contributed by atoms with van der Waals surface area (Å²) in [5, 5.41) is 4.96. The number of nitrogens with zero attached hydrogens (tertiary/aromatic N) is 2. The van der Waals surface area contributed by atoms with Crippen LogP contribution in [0.3, 0.4) is 0 Å². The zero-order chi connectivity index (χ0) is 18.4. The summed E-state index contributed by atoms with van der Waals surface area (Å²) in [6.45, 7) is 2.68. The first-order valence-corrected chi connectivity index (χ1v) is 8.67. The molecule has 0 fully saturated rings. The first-order valence-electron chi connectivity index (χ1n) is 8.29. The van der Waals surface area contributed by atoms with Crippen LogP contribution in [0.25, 0.3) is 6.08 Å². The zero-order valence-corrected chi connectivity index (χ0v) is 15.2. The Hall–Kier alpha value is -2.85. The minimum Gasteiger partial charge on any atom is -0.458 e. The molecule has 3 rings (SSSR count). The van der Waals surface area contributed by atoms with E-state index in [2.05, 4.69) is 5.10 Å². The quantitative estimate of drug-likeness (QED) is 0.471. The topological polar surface area (TPSA) is 44.1 Å². The van der Waals surface area contributed by atoms with Crippen molar-refractivity contribution < 1.29 is 9.53 Å². The average molecular weight is 367 g/mol. The number of ether oxygens (including phenoxy) is 1. The van der Waals surface area contributed by atoms with Crippen molar-refractivity contribution in [2.75, 3.05) is 0 Å². The summed E-state index contributed by atoms with van der Waals surface area (Å²) in [4.78, 5) is 11.9. The smallest absolute Gasteiger partial charge is 0.331 e. The van der Waals surface area contributed by atoms with Crippen molar-refractivity contribution in [1.29, 1.82) is 0 Å². The highest BCUT2D eigenvalue weighted by Gasteiger charge is 2.12. The largest absolute Gasteiger partial charge is 0.458 e. The molecular formula is C21H19ClN2O2. The van der Waals surface area contributed by atoms with Crippen LogP contribution in [0.1, 0.15) is 22.4 Å². The Morgan fingerprint density at radius 3 is 2.35 bits per heavy atom. The van der Waals surface area contributed by atoms with Crippen molar-refractivity contribution >= 4 is 23.6 Å². The van der Waals surface area contributed by atoms with Gasteiger partial charge in [-0.1, -0.05) is 72.3 Å². The Morgan fingerprint density at radius 1 is 1.08 bits per heavy atom. The summed E-state index contributed by atoms with van der Waals surface area (Å²) in [6.07, 6.45) is 3.03. The van der Waals surface area contributed by atoms with Gasteiger partial charge in [0.2, 0.25) is 0 Å². The molecule has 0 bridgehead atoms. The third-order valence-corrected chi connectivity index (χ3v) is 4.29. The fraction of sp³-hybridized carbons (Fsp3) is 0.143. The molecule has 0 amide bonds. The molecule has 0 aliphatic heterocycles. The lowest BCUT2D eigenvalue weighted by molar-refractivity contribution is -0.138. The number of carbonyl (C=O) groups excluding carboxylic acids is 1. The van der Waals surface area contributed by atoms with Gasteiger partial charge >= 0.3 is 5.97 Å². The second-order valence-electron chi connectivity index (χ2n) is 5.86. The maximum absolute atomic E-state index is 11.9. The van der Waals surface area contributed by atoms with Crippen LogP contribution in [-0.4, -0.2) is 15.7 Å². The van der Waals surface area contributed by atoms with Crippen LogP contribution in [0, 0.1) is 6.92 Å². The van der Waals surface area contributed by atoms with Crippen LogP contribution >= 0.6 is 11.6 Å². The molecule has 0 atom stereocenters. The number of rotatable bonds is 6. The molecule has 4 nitrogen and oxygen atoms in total. The van der Waals surface area contributed by atoms with E-state index >= 15 is 0 Å². The Bertz CT molecular complexity index is 903. The van der Waals surface area contributed by atoms with E-state index in [9.17, 15) is 4.79 Å². The second-order valence-corrected chi connectivity index (χ2v) is 6.22. The molecule has 1 aromatic heterocycles. The van der Waals surface area contributed by atoms with Crippen molar-refractivity contribution in [3.05, 3.63) is 94.3 Å². The molecule has 0 unspecified atom stereocenters. The number of benzene rings is 2. The van der Waals surface area contributed by atoms with E-state index < -0.39 is 5.97 Å². The van der Waals surface area contributed by atoms with E-state index in [1.54, 1.807) is 10.8 Å². The molecule has 26 heavy (non-hydrogen) atoms. The minimum atomic E-state index is -0.417. The maximum atomic E-state index is 11.9. The van der Waals surface area contributed by atoms with Crippen LogP contribution in [0.2, 0.25) is 5.15 Å². The van der Waals surface area contributed by atoms with E-state index in [1.165, 1.54) is 6.08 Å². The third kappa shape index (κ3) is 4.61. The van der Waals surface area contributed by atoms with Gasteiger partial charge in [-0.05, 0) is 24.1 Å². The van der Waals surface area contributed by atoms with Crippen molar-refractivity contribution in [1.82, 2.24) is 9.78 Å². The summed E-state index contributed by atoms with van der Waals surface area (Å²) < 4.78 is 6.96. The Kier molecular flexibility index (Phi) is 5.87. The van der Waals surface area contributed by atoms with Gasteiger partial charge in [-0.15, -0.1) is 0 Å². The van der Waals surface area contributed by atoms with E-state index in [1.807, 2.05) is 67.6 Å². The number of hydrogen-bond acceptors (Lipinski definition) is 3. The van der Waals surface area contributed by atoms with Crippen molar-refractivity contribution in [2.45, 2.75) is 20.1 Å². The standard InChI is InChI=1S/C21H19ClN2O2/c1-16-19(12-13-20(25)26-15-18-10-6-3-7-11-18)21(22)24(23-16)14-17-8-4-2-5-9-17/h2-13H,14-15H2,1H3/b13-12+. The SMILES string of the molecule is Cc1nn(Cc2ccccc2)c(Cl)c1/C=C/C(=O)OCc1ccccc1. The fourth-order valence-corrected chi connectivity index (χ4v) is 2.84. The normalized spacial score (nSPS) is 11.0. The predicted molar refractivity (Wildman–Crippen MR) is 103 cm³/mol. The van der Waals surface area contributed by atoms with Gasteiger partial charge in [0.15, 0.2) is 0 Å². The number of carbonyl (C=O) groups is 1. The molecule has 0 N–H and O–H groups in total. The lowest BCUT2D eigenvalue weighted by atomic mass is 10.2. The molecule has 2 aromatic carbocycles. The number of aromatic nitrogens is 2. The first kappa shape index (κ1) is 18.0. The number of halogens is 1. The molecule has 132 valence electrons. The van der Waals surface area contributed by atoms with Crippen molar-refractivity contribution in [3.63, 3.8) is 0 Å². The molecule has 1 heterocycles. The number of esters is 1. The molecule has 0 aliphatic carbocycles. The van der Waals surface area contributed by atoms with Crippen LogP contribution in [0.5, 0.6) is 0 Å². The predicted octanol–water partition coefficient (Wildman–Crippen LogP) is 4.65. The van der Waals surface area contributed by atoms with Gasteiger partial charge in [0.25, 0.3) is 0 Å². The van der Waals surface area contributed by atoms with Gasteiger partial charge in [0.05, 0.1) is 12.2 Å². The lowest BCUT2D eigenvalue weighted by Crippen LogP contribution is -2.01. The molecule has 3 aromatic rings. The second kappa shape index (κ2) is 8.50. The first-order chi connectivity index (χ1) is 12.6. The molecule has 0 saturated heterocycles. The van der Waals surface area contributed by atoms with Gasteiger partial charge in [-0.25, -0.2) is 9.48 Å². The van der Waals surface area contributed by atoms with Gasteiger partial charge in [-0.2, -0.15) is 5.10 Å². The van der Waals surface area contributed by atoms with Gasteiger partial charge in [-0.3, -0.25) is 0 Å². The summed E-state index contributed by atoms with van der Waals surface area (Å²) in [5.74, 6) is -0.417. The van der Waals surface area contributed by atoms with E-state index in [0.29, 0.717) is 11.7 Å². The Balaban J connectivity index is 1.65. The molecule has 5 heteroatoms. The van der Waals surface area contributed by atoms with E-state index in [4.69, 9.17) is 16.3 Å². The monoisotopic (exact) mass is 366 g/mol. The van der Waals surface area contributed by atoms with Crippen LogP contribution < -0.4 is 0 Å². The summed E-state index contributed by atoms with van der Waals surface area (Å²) in [5.41, 5.74) is 3.53. The highest BCUT2D eigenvalue weighted by atomic mass is 35.5. The summed E-state index contributed by atoms with van der Waals surface area (Å²) in [6, 6.07) is 19.5. The minimum absolute atomic E-state index is 0.240. The van der Waals surface area contributed by atoms with Gasteiger partial charge < -0.3 is 4.74 Å². The summed E-state index contributed by atoms with van der Waals surface area (Å²) >= 11 is 6.43. The van der Waals surface area contributed by atoms with Crippen molar-refractivity contribution in [2.24, 2.45) is 0 Å². The van der Waals surface area contributed by atoms with Gasteiger partial charge in [0, 0.05) is 11.6 Å². The molecular weight excluding hydrogens is 348 g/mol. The van der Waals surface area contributed by atoms with Crippen LogP contribution in [0.15, 0.2) is 66.7 Å². The zero-order valence-electron chi connectivity index (χ0n) is 14.4. The average Bonchev–Trinajstić information content (AvgIpc) is 2.93. The summed E-state index contributed by atoms with van der Waals surface area (Å²) in [7, 11) is 0. The fourth-order valence-electron chi connectivity index (χ4n) is 2.55. The molecule has 0 spiro atoms. The highest BCUT2D eigenvalue weighted by molar-refractivity contribution is 6.31. The molecule has 0 radical (unpaired) electrons. The van der Waals surface area contributed by atoms with Gasteiger partial charge in [0.1, 0.15) is 11.8 Å². The number of hydrogen-bond donors (Lipinski definition) is 0. The Morgan fingerprint density at radius 2 is 1.69 bits per heavy atom. The molecule has 0 aliphatic rings. The maximum Gasteiger partial charge on any atom is 0.331 e. The Labute approximate surface area is 157 Å². The molecule has 0 saturated carbocycles. The van der Waals surface area contributed by atoms with Crippen LogP contribution in [-0.2, 0) is 22.7 Å². The van der Waals surface area contributed by atoms with Crippen molar-refractivity contribution in [3.8, 4) is 0 Å². The number of aryl methyl sites for hydroxylation is 1. The third-order valence-electron chi connectivity index (χ3n) is 3.89. The lowest BCUT2D eigenvalue weighted by Gasteiger charge is -2.03. The van der Waals surface area contributed by atoms with E-state index in [0.717, 1.165) is 22.4 Å². The van der Waals surface area contributed by atoms with E-state index in [-0.39, 0.29) is 6.61 Å². The highest BCUT2D eigenvalue weighted by Crippen LogP contribution is 2.22.